The first-order valence-corrected chi connectivity index (χ1v) is 6.07. The highest BCUT2D eigenvalue weighted by molar-refractivity contribution is 6.18. The minimum atomic E-state index is -4.41. The molecular formula is C14H9F3N2O2. The average molecular weight is 294 g/mol. The van der Waals surface area contributed by atoms with Gasteiger partial charge in [-0.1, -0.05) is 0 Å². The number of hydrogen-bond donors (Lipinski definition) is 0. The van der Waals surface area contributed by atoms with Crippen LogP contribution in [0.25, 0.3) is 0 Å². The summed E-state index contributed by atoms with van der Waals surface area (Å²) in [7, 11) is 0. The number of benzene rings is 1. The molecule has 0 radical (unpaired) electrons. The van der Waals surface area contributed by atoms with Crippen LogP contribution in [0.2, 0.25) is 0 Å². The van der Waals surface area contributed by atoms with Crippen molar-refractivity contribution in [3.63, 3.8) is 0 Å². The second kappa shape index (κ2) is 4.76. The molecule has 0 fully saturated rings. The molecule has 0 spiro atoms. The van der Waals surface area contributed by atoms with E-state index in [0.29, 0.717) is 11.5 Å². The third kappa shape index (κ3) is 2.54. The van der Waals surface area contributed by atoms with E-state index < -0.39 is 11.7 Å². The summed E-state index contributed by atoms with van der Waals surface area (Å²) < 4.78 is 42.7. The molecule has 0 saturated carbocycles. The minimum absolute atomic E-state index is 0.0501. The van der Waals surface area contributed by atoms with Gasteiger partial charge in [-0.2, -0.15) is 18.3 Å². The van der Waals surface area contributed by atoms with Gasteiger partial charge in [0.1, 0.15) is 11.5 Å². The summed E-state index contributed by atoms with van der Waals surface area (Å²) in [5, 5.41) is 5.18. The first kappa shape index (κ1) is 13.4. The van der Waals surface area contributed by atoms with E-state index in [1.807, 2.05) is 0 Å². The van der Waals surface area contributed by atoms with E-state index in [2.05, 4.69) is 5.10 Å². The van der Waals surface area contributed by atoms with E-state index in [1.54, 1.807) is 12.1 Å². The van der Waals surface area contributed by atoms with E-state index >= 15 is 0 Å². The Morgan fingerprint density at radius 3 is 2.43 bits per heavy atom. The Kier molecular flexibility index (Phi) is 3.04. The molecule has 0 aliphatic carbocycles. The Morgan fingerprint density at radius 1 is 1.14 bits per heavy atom. The lowest BCUT2D eigenvalue weighted by molar-refractivity contribution is -0.137. The second-order valence-electron chi connectivity index (χ2n) is 4.45. The molecule has 1 aromatic heterocycles. The smallest absolute Gasteiger partial charge is 0.416 e. The molecule has 108 valence electrons. The van der Waals surface area contributed by atoms with Gasteiger partial charge in [0.15, 0.2) is 0 Å². The van der Waals surface area contributed by atoms with Crippen molar-refractivity contribution in [2.45, 2.75) is 12.6 Å². The molecule has 4 nitrogen and oxygen atoms in total. The first-order valence-electron chi connectivity index (χ1n) is 6.07. The van der Waals surface area contributed by atoms with Crippen LogP contribution in [0.1, 0.15) is 17.7 Å². The number of amides is 1. The minimum Gasteiger partial charge on any atom is -0.463 e. The van der Waals surface area contributed by atoms with Crippen LogP contribution in [0.15, 0.2) is 52.2 Å². The van der Waals surface area contributed by atoms with E-state index in [-0.39, 0.29) is 18.0 Å². The standard InChI is InChI=1S/C14H9F3N2O2/c15-14(16,17)9-3-5-10(6-4-9)19-13(20)8-11(18-19)12-2-1-7-21-12/h1-7H,8H2. The average Bonchev–Trinajstić information content (AvgIpc) is 3.07. The highest BCUT2D eigenvalue weighted by Crippen LogP contribution is 2.31. The van der Waals surface area contributed by atoms with Gasteiger partial charge < -0.3 is 4.42 Å². The molecule has 0 bridgehead atoms. The zero-order valence-electron chi connectivity index (χ0n) is 10.6. The fourth-order valence-corrected chi connectivity index (χ4v) is 2.00. The summed E-state index contributed by atoms with van der Waals surface area (Å²) in [6.07, 6.45) is -2.90. The number of carbonyl (C=O) groups is 1. The van der Waals surface area contributed by atoms with Crippen LogP contribution in [0.3, 0.4) is 0 Å². The van der Waals surface area contributed by atoms with Gasteiger partial charge in [0.2, 0.25) is 0 Å². The van der Waals surface area contributed by atoms with Gasteiger partial charge in [-0.05, 0) is 36.4 Å². The molecule has 1 aromatic carbocycles. The highest BCUT2D eigenvalue weighted by Gasteiger charge is 2.31. The number of furan rings is 1. The normalized spacial score (nSPS) is 15.5. The van der Waals surface area contributed by atoms with E-state index in [0.717, 1.165) is 17.1 Å². The molecule has 7 heteroatoms. The molecule has 0 N–H and O–H groups in total. The number of alkyl halides is 3. The first-order chi connectivity index (χ1) is 9.95. The molecule has 0 unspecified atom stereocenters. The van der Waals surface area contributed by atoms with Gasteiger partial charge >= 0.3 is 6.18 Å². The Hall–Kier alpha value is -2.57. The van der Waals surface area contributed by atoms with Gasteiger partial charge in [0.25, 0.3) is 5.91 Å². The maximum Gasteiger partial charge on any atom is 0.416 e. The summed E-state index contributed by atoms with van der Waals surface area (Å²) in [5.41, 5.74) is -0.0346. The van der Waals surface area contributed by atoms with Crippen LogP contribution in [-0.4, -0.2) is 11.6 Å². The molecule has 0 atom stereocenters. The molecule has 2 heterocycles. The quantitative estimate of drug-likeness (QED) is 0.851. The maximum atomic E-state index is 12.5. The topological polar surface area (TPSA) is 45.8 Å². The number of carbonyl (C=O) groups excluding carboxylic acids is 1. The SMILES string of the molecule is O=C1CC(c2ccco2)=NN1c1ccc(C(F)(F)F)cc1. The van der Waals surface area contributed by atoms with Crippen molar-refractivity contribution in [1.82, 2.24) is 0 Å². The lowest BCUT2D eigenvalue weighted by Gasteiger charge is -2.13. The molecule has 1 aliphatic heterocycles. The summed E-state index contributed by atoms with van der Waals surface area (Å²) in [6, 6.07) is 7.61. The number of hydrazone groups is 1. The summed E-state index contributed by atoms with van der Waals surface area (Å²) >= 11 is 0. The Balaban J connectivity index is 1.88. The number of anilines is 1. The van der Waals surface area contributed by atoms with Gasteiger partial charge in [-0.3, -0.25) is 4.79 Å². The van der Waals surface area contributed by atoms with Crippen molar-refractivity contribution in [3.8, 4) is 0 Å². The van der Waals surface area contributed by atoms with E-state index in [4.69, 9.17) is 4.42 Å². The predicted octanol–water partition coefficient (Wildman–Crippen LogP) is 3.44. The van der Waals surface area contributed by atoms with Gasteiger partial charge in [0.05, 0.1) is 23.9 Å². The third-order valence-corrected chi connectivity index (χ3v) is 3.02. The molecule has 0 saturated heterocycles. The molecule has 1 amide bonds. The second-order valence-corrected chi connectivity index (χ2v) is 4.45. The zero-order chi connectivity index (χ0) is 15.0. The fraction of sp³-hybridized carbons (Fsp3) is 0.143. The Bertz CT molecular complexity index is 688. The van der Waals surface area contributed by atoms with Crippen LogP contribution in [-0.2, 0) is 11.0 Å². The van der Waals surface area contributed by atoms with E-state index in [9.17, 15) is 18.0 Å². The number of hydrogen-bond acceptors (Lipinski definition) is 3. The van der Waals surface area contributed by atoms with Crippen LogP contribution in [0.4, 0.5) is 18.9 Å². The summed E-state index contributed by atoms with van der Waals surface area (Å²) in [5.74, 6) is 0.152. The lowest BCUT2D eigenvalue weighted by atomic mass is 10.2. The Morgan fingerprint density at radius 2 is 1.86 bits per heavy atom. The largest absolute Gasteiger partial charge is 0.463 e. The summed E-state index contributed by atoms with van der Waals surface area (Å²) in [6.45, 7) is 0. The molecule has 21 heavy (non-hydrogen) atoms. The fourth-order valence-electron chi connectivity index (χ4n) is 2.00. The zero-order valence-corrected chi connectivity index (χ0v) is 10.6. The predicted molar refractivity (Wildman–Crippen MR) is 68.8 cm³/mol. The van der Waals surface area contributed by atoms with Gasteiger partial charge in [-0.15, -0.1) is 0 Å². The Labute approximate surface area is 117 Å². The van der Waals surface area contributed by atoms with Crippen LogP contribution < -0.4 is 5.01 Å². The summed E-state index contributed by atoms with van der Waals surface area (Å²) in [4.78, 5) is 11.9. The van der Waals surface area contributed by atoms with Crippen molar-refractivity contribution >= 4 is 17.3 Å². The van der Waals surface area contributed by atoms with Crippen molar-refractivity contribution in [2.75, 3.05) is 5.01 Å². The maximum absolute atomic E-state index is 12.5. The van der Waals surface area contributed by atoms with Crippen molar-refractivity contribution < 1.29 is 22.4 Å². The van der Waals surface area contributed by atoms with Gasteiger partial charge in [-0.25, -0.2) is 5.01 Å². The van der Waals surface area contributed by atoms with E-state index in [1.165, 1.54) is 18.4 Å². The van der Waals surface area contributed by atoms with Crippen LogP contribution >= 0.6 is 0 Å². The molecule has 1 aliphatic rings. The van der Waals surface area contributed by atoms with Crippen molar-refractivity contribution in [1.29, 1.82) is 0 Å². The molecule has 2 aromatic rings. The number of rotatable bonds is 2. The van der Waals surface area contributed by atoms with Crippen molar-refractivity contribution in [3.05, 3.63) is 54.0 Å². The molecular weight excluding hydrogens is 285 g/mol. The monoisotopic (exact) mass is 294 g/mol. The third-order valence-electron chi connectivity index (χ3n) is 3.02. The lowest BCUT2D eigenvalue weighted by Crippen LogP contribution is -2.19. The molecule has 3 rings (SSSR count). The van der Waals surface area contributed by atoms with Crippen molar-refractivity contribution in [2.24, 2.45) is 5.10 Å². The van der Waals surface area contributed by atoms with Crippen LogP contribution in [0, 0.1) is 0 Å². The number of halogens is 3. The van der Waals surface area contributed by atoms with Gasteiger partial charge in [0, 0.05) is 0 Å². The highest BCUT2D eigenvalue weighted by atomic mass is 19.4. The van der Waals surface area contributed by atoms with Crippen LogP contribution in [0.5, 0.6) is 0 Å². The number of nitrogens with zero attached hydrogens (tertiary/aromatic N) is 2.